The zero-order valence-electron chi connectivity index (χ0n) is 13.0. The Bertz CT molecular complexity index is 451. The molecule has 2 rings (SSSR count). The highest BCUT2D eigenvalue weighted by Gasteiger charge is 2.20. The van der Waals surface area contributed by atoms with Crippen molar-refractivity contribution in [1.82, 2.24) is 4.90 Å². The lowest BCUT2D eigenvalue weighted by atomic mass is 10.2. The summed E-state index contributed by atoms with van der Waals surface area (Å²) >= 11 is 0. The van der Waals surface area contributed by atoms with E-state index in [1.807, 2.05) is 26.0 Å². The van der Waals surface area contributed by atoms with Crippen molar-refractivity contribution in [2.45, 2.75) is 20.0 Å². The topological polar surface area (TPSA) is 42.0 Å². The fraction of sp³-hybridized carbons (Fsp3) is 0.562. The van der Waals surface area contributed by atoms with Crippen LogP contribution in [0.5, 0.6) is 5.75 Å². The van der Waals surface area contributed by atoms with E-state index in [0.717, 1.165) is 31.9 Å². The van der Waals surface area contributed by atoms with E-state index in [1.54, 1.807) is 7.11 Å². The van der Waals surface area contributed by atoms with Crippen molar-refractivity contribution in [1.29, 1.82) is 0 Å². The zero-order chi connectivity index (χ0) is 15.2. The molecule has 0 aliphatic carbocycles. The maximum Gasteiger partial charge on any atom is 0.320 e. The van der Waals surface area contributed by atoms with Crippen LogP contribution in [0.15, 0.2) is 24.3 Å². The lowest BCUT2D eigenvalue weighted by Crippen LogP contribution is -2.48. The first-order chi connectivity index (χ1) is 10.1. The molecular weight excluding hydrogens is 268 g/mol. The molecule has 1 aromatic rings. The van der Waals surface area contributed by atoms with Crippen LogP contribution in [-0.2, 0) is 9.53 Å². The molecule has 116 valence electrons. The summed E-state index contributed by atoms with van der Waals surface area (Å²) in [6.07, 6.45) is -0.0434. The smallest absolute Gasteiger partial charge is 0.320 e. The van der Waals surface area contributed by atoms with E-state index in [2.05, 4.69) is 21.9 Å². The van der Waals surface area contributed by atoms with Crippen molar-refractivity contribution in [3.63, 3.8) is 0 Å². The second-order valence-corrected chi connectivity index (χ2v) is 5.50. The molecule has 0 bridgehead atoms. The maximum absolute atomic E-state index is 11.7. The van der Waals surface area contributed by atoms with Crippen molar-refractivity contribution in [3.8, 4) is 5.75 Å². The van der Waals surface area contributed by atoms with Gasteiger partial charge in [0, 0.05) is 31.9 Å². The molecule has 1 aromatic carbocycles. The molecule has 21 heavy (non-hydrogen) atoms. The van der Waals surface area contributed by atoms with Crippen molar-refractivity contribution >= 4 is 11.7 Å². The molecule has 0 aromatic heterocycles. The summed E-state index contributed by atoms with van der Waals surface area (Å²) in [7, 11) is 1.67. The fourth-order valence-corrected chi connectivity index (χ4v) is 2.44. The molecule has 0 unspecified atom stereocenters. The third kappa shape index (κ3) is 4.63. The van der Waals surface area contributed by atoms with E-state index in [1.165, 1.54) is 5.69 Å². The van der Waals surface area contributed by atoms with E-state index in [4.69, 9.17) is 9.47 Å². The quantitative estimate of drug-likeness (QED) is 0.774. The van der Waals surface area contributed by atoms with Gasteiger partial charge in [-0.15, -0.1) is 0 Å². The second kappa shape index (κ2) is 7.31. The van der Waals surface area contributed by atoms with E-state index in [0.29, 0.717) is 6.54 Å². The number of esters is 1. The number of methoxy groups -OCH3 is 1. The van der Waals surface area contributed by atoms with Crippen molar-refractivity contribution in [2.75, 3.05) is 44.7 Å². The highest BCUT2D eigenvalue weighted by atomic mass is 16.5. The van der Waals surface area contributed by atoms with Crippen LogP contribution in [0.2, 0.25) is 0 Å². The molecular formula is C16H24N2O3. The first kappa shape index (κ1) is 15.6. The van der Waals surface area contributed by atoms with Crippen LogP contribution in [-0.4, -0.2) is 56.8 Å². The van der Waals surface area contributed by atoms with Crippen molar-refractivity contribution < 1.29 is 14.3 Å². The molecule has 0 N–H and O–H groups in total. The summed E-state index contributed by atoms with van der Waals surface area (Å²) in [5.74, 6) is 0.733. The minimum Gasteiger partial charge on any atom is -0.497 e. The van der Waals surface area contributed by atoms with E-state index >= 15 is 0 Å². The van der Waals surface area contributed by atoms with Gasteiger partial charge < -0.3 is 14.4 Å². The van der Waals surface area contributed by atoms with Gasteiger partial charge in [0.2, 0.25) is 0 Å². The average Bonchev–Trinajstić information content (AvgIpc) is 2.47. The molecule has 1 aliphatic rings. The number of anilines is 1. The van der Waals surface area contributed by atoms with Gasteiger partial charge in [0.1, 0.15) is 5.75 Å². The molecule has 5 nitrogen and oxygen atoms in total. The molecule has 1 heterocycles. The molecule has 1 saturated heterocycles. The van der Waals surface area contributed by atoms with Crippen LogP contribution in [0, 0.1) is 0 Å². The normalized spacial score (nSPS) is 16.1. The van der Waals surface area contributed by atoms with E-state index in [-0.39, 0.29) is 12.1 Å². The van der Waals surface area contributed by atoms with Gasteiger partial charge in [-0.05, 0) is 38.1 Å². The number of rotatable bonds is 5. The van der Waals surface area contributed by atoms with Crippen LogP contribution in [0.4, 0.5) is 5.69 Å². The monoisotopic (exact) mass is 292 g/mol. The standard InChI is InChI=1S/C16H24N2O3/c1-13(2)21-16(19)12-17-8-10-18(11-9-17)14-4-6-15(20-3)7-5-14/h4-7,13H,8-12H2,1-3H3. The Morgan fingerprint density at radius 3 is 2.29 bits per heavy atom. The summed E-state index contributed by atoms with van der Waals surface area (Å²) in [5.41, 5.74) is 1.19. The Morgan fingerprint density at radius 1 is 1.14 bits per heavy atom. The third-order valence-corrected chi connectivity index (χ3v) is 3.53. The number of carbonyl (C=O) groups is 1. The van der Waals surface area contributed by atoms with Crippen LogP contribution >= 0.6 is 0 Å². The molecule has 1 aliphatic heterocycles. The van der Waals surface area contributed by atoms with Crippen LogP contribution in [0.1, 0.15) is 13.8 Å². The van der Waals surface area contributed by atoms with Gasteiger partial charge >= 0.3 is 5.97 Å². The van der Waals surface area contributed by atoms with Crippen LogP contribution in [0.3, 0.4) is 0 Å². The van der Waals surface area contributed by atoms with E-state index in [9.17, 15) is 4.79 Å². The number of nitrogens with zero attached hydrogens (tertiary/aromatic N) is 2. The van der Waals surface area contributed by atoms with Crippen molar-refractivity contribution in [3.05, 3.63) is 24.3 Å². The molecule has 5 heteroatoms. The first-order valence-corrected chi connectivity index (χ1v) is 7.39. The Kier molecular flexibility index (Phi) is 5.44. The SMILES string of the molecule is COc1ccc(N2CCN(CC(=O)OC(C)C)CC2)cc1. The Labute approximate surface area is 126 Å². The van der Waals surface area contributed by atoms with Gasteiger partial charge in [0.25, 0.3) is 0 Å². The van der Waals surface area contributed by atoms with E-state index < -0.39 is 0 Å². The molecule has 0 radical (unpaired) electrons. The second-order valence-electron chi connectivity index (χ2n) is 5.50. The average molecular weight is 292 g/mol. The van der Waals surface area contributed by atoms with Crippen LogP contribution < -0.4 is 9.64 Å². The lowest BCUT2D eigenvalue weighted by molar-refractivity contribution is -0.148. The minimum absolute atomic E-state index is 0.0434. The highest BCUT2D eigenvalue weighted by Crippen LogP contribution is 2.20. The lowest BCUT2D eigenvalue weighted by Gasteiger charge is -2.35. The number of carbonyl (C=O) groups excluding carboxylic acids is 1. The Hall–Kier alpha value is -1.75. The van der Waals surface area contributed by atoms with Crippen molar-refractivity contribution in [2.24, 2.45) is 0 Å². The zero-order valence-corrected chi connectivity index (χ0v) is 13.0. The number of hydrogen-bond donors (Lipinski definition) is 0. The number of benzene rings is 1. The molecule has 0 atom stereocenters. The summed E-state index contributed by atoms with van der Waals surface area (Å²) < 4.78 is 10.4. The van der Waals surface area contributed by atoms with Gasteiger partial charge in [-0.3, -0.25) is 9.69 Å². The summed E-state index contributed by atoms with van der Waals surface area (Å²) in [5, 5.41) is 0. The molecule has 0 spiro atoms. The summed E-state index contributed by atoms with van der Waals surface area (Å²) in [6, 6.07) is 8.09. The van der Waals surface area contributed by atoms with Gasteiger partial charge in [-0.25, -0.2) is 0 Å². The van der Waals surface area contributed by atoms with Gasteiger partial charge in [-0.1, -0.05) is 0 Å². The predicted molar refractivity (Wildman–Crippen MR) is 82.9 cm³/mol. The predicted octanol–water partition coefficient (Wildman–Crippen LogP) is 1.77. The maximum atomic E-state index is 11.7. The molecule has 1 fully saturated rings. The number of hydrogen-bond acceptors (Lipinski definition) is 5. The summed E-state index contributed by atoms with van der Waals surface area (Å²) in [4.78, 5) is 16.1. The van der Waals surface area contributed by atoms with Crippen LogP contribution in [0.25, 0.3) is 0 Å². The molecule has 0 saturated carbocycles. The third-order valence-electron chi connectivity index (χ3n) is 3.53. The number of ether oxygens (including phenoxy) is 2. The Morgan fingerprint density at radius 2 is 1.76 bits per heavy atom. The molecule has 0 amide bonds. The minimum atomic E-state index is -0.136. The van der Waals surface area contributed by atoms with Gasteiger partial charge in [-0.2, -0.15) is 0 Å². The first-order valence-electron chi connectivity index (χ1n) is 7.39. The summed E-state index contributed by atoms with van der Waals surface area (Å²) in [6.45, 7) is 7.72. The fourth-order valence-electron chi connectivity index (χ4n) is 2.44. The number of piperazine rings is 1. The highest BCUT2D eigenvalue weighted by molar-refractivity contribution is 5.71. The largest absolute Gasteiger partial charge is 0.497 e. The Balaban J connectivity index is 1.81. The van der Waals surface area contributed by atoms with Gasteiger partial charge in [0.15, 0.2) is 0 Å². The van der Waals surface area contributed by atoms with Gasteiger partial charge in [0.05, 0.1) is 19.8 Å².